The highest BCUT2D eigenvalue weighted by Gasteiger charge is 2.29. The lowest BCUT2D eigenvalue weighted by atomic mass is 9.95. The Hall–Kier alpha value is -1.59. The monoisotopic (exact) mass is 337 g/mol. The second-order valence-electron chi connectivity index (χ2n) is 5.94. The van der Waals surface area contributed by atoms with Crippen molar-refractivity contribution < 1.29 is 9.59 Å². The van der Waals surface area contributed by atoms with Crippen molar-refractivity contribution in [2.45, 2.75) is 32.4 Å². The lowest BCUT2D eigenvalue weighted by Crippen LogP contribution is -2.49. The number of carbonyl (C=O) groups excluding carboxylic acids is 2. The van der Waals surface area contributed by atoms with E-state index in [0.29, 0.717) is 11.6 Å². The normalized spacial score (nSPS) is 17.5. The summed E-state index contributed by atoms with van der Waals surface area (Å²) in [5.41, 5.74) is 1.02. The Kier molecular flexibility index (Phi) is 6.42. The Morgan fingerprint density at radius 1 is 1.26 bits per heavy atom. The molecule has 126 valence electrons. The number of benzene rings is 1. The van der Waals surface area contributed by atoms with Crippen LogP contribution in [0.15, 0.2) is 24.3 Å². The van der Waals surface area contributed by atoms with Gasteiger partial charge < -0.3 is 10.6 Å². The zero-order valence-electron chi connectivity index (χ0n) is 13.6. The molecule has 23 heavy (non-hydrogen) atoms. The fourth-order valence-corrected chi connectivity index (χ4v) is 2.98. The van der Waals surface area contributed by atoms with Crippen LogP contribution in [0.2, 0.25) is 5.02 Å². The molecule has 2 rings (SSSR count). The first-order chi connectivity index (χ1) is 11.0. The molecule has 0 radical (unpaired) electrons. The number of likely N-dealkylation sites (tertiary alicyclic amines) is 1. The third-order valence-corrected chi connectivity index (χ3v) is 4.71. The van der Waals surface area contributed by atoms with Crippen LogP contribution in [0.3, 0.4) is 0 Å². The second-order valence-corrected chi connectivity index (χ2v) is 6.38. The van der Waals surface area contributed by atoms with Crippen LogP contribution in [0.25, 0.3) is 0 Å². The molecule has 1 heterocycles. The van der Waals surface area contributed by atoms with Gasteiger partial charge in [0.25, 0.3) is 0 Å². The molecule has 6 heteroatoms. The van der Waals surface area contributed by atoms with Gasteiger partial charge in [0.2, 0.25) is 11.8 Å². The van der Waals surface area contributed by atoms with Crippen molar-refractivity contribution in [2.75, 3.05) is 20.1 Å². The van der Waals surface area contributed by atoms with E-state index in [1.54, 1.807) is 7.05 Å². The molecule has 1 aromatic rings. The van der Waals surface area contributed by atoms with Crippen molar-refractivity contribution in [2.24, 2.45) is 5.92 Å². The van der Waals surface area contributed by atoms with Gasteiger partial charge in [0.1, 0.15) is 0 Å². The summed E-state index contributed by atoms with van der Waals surface area (Å²) < 4.78 is 0. The van der Waals surface area contributed by atoms with Crippen molar-refractivity contribution >= 4 is 23.4 Å². The Labute approximate surface area is 142 Å². The van der Waals surface area contributed by atoms with Crippen LogP contribution in [0.5, 0.6) is 0 Å². The minimum absolute atomic E-state index is 0.0124. The van der Waals surface area contributed by atoms with Gasteiger partial charge >= 0.3 is 0 Å². The number of nitrogens with one attached hydrogen (secondary N) is 2. The molecule has 1 saturated heterocycles. The second kappa shape index (κ2) is 8.31. The van der Waals surface area contributed by atoms with Gasteiger partial charge in [-0.05, 0) is 50.6 Å². The van der Waals surface area contributed by atoms with E-state index in [0.717, 1.165) is 31.5 Å². The average Bonchev–Trinajstić information content (AvgIpc) is 2.59. The molecule has 1 fully saturated rings. The SMILES string of the molecule is CNC(=O)C1CCN([C@H](C)C(=O)NCc2ccc(Cl)cc2)CC1. The largest absolute Gasteiger partial charge is 0.359 e. The number of rotatable bonds is 5. The van der Waals surface area contributed by atoms with Gasteiger partial charge in [-0.15, -0.1) is 0 Å². The van der Waals surface area contributed by atoms with Crippen molar-refractivity contribution in [3.05, 3.63) is 34.9 Å². The van der Waals surface area contributed by atoms with Crippen molar-refractivity contribution in [3.63, 3.8) is 0 Å². The number of hydrogen-bond acceptors (Lipinski definition) is 3. The van der Waals surface area contributed by atoms with Gasteiger partial charge in [-0.3, -0.25) is 14.5 Å². The summed E-state index contributed by atoms with van der Waals surface area (Å²) in [5.74, 6) is 0.184. The van der Waals surface area contributed by atoms with E-state index in [9.17, 15) is 9.59 Å². The Morgan fingerprint density at radius 2 is 1.87 bits per heavy atom. The molecule has 1 atom stereocenters. The molecule has 2 amide bonds. The first-order valence-corrected chi connectivity index (χ1v) is 8.37. The summed E-state index contributed by atoms with van der Waals surface area (Å²) in [6.45, 7) is 3.95. The van der Waals surface area contributed by atoms with Gasteiger partial charge in [-0.25, -0.2) is 0 Å². The highest BCUT2D eigenvalue weighted by Crippen LogP contribution is 2.19. The molecule has 0 saturated carbocycles. The van der Waals surface area contributed by atoms with Crippen LogP contribution in [0, 0.1) is 5.92 Å². The predicted molar refractivity (Wildman–Crippen MR) is 91.1 cm³/mol. The third kappa shape index (κ3) is 4.94. The topological polar surface area (TPSA) is 61.4 Å². The smallest absolute Gasteiger partial charge is 0.237 e. The molecule has 0 aromatic heterocycles. The number of halogens is 1. The molecule has 1 aromatic carbocycles. The number of amides is 2. The van der Waals surface area contributed by atoms with Crippen LogP contribution in [-0.4, -0.2) is 42.9 Å². The molecule has 1 aliphatic heterocycles. The lowest BCUT2D eigenvalue weighted by Gasteiger charge is -2.34. The zero-order chi connectivity index (χ0) is 16.8. The summed E-state index contributed by atoms with van der Waals surface area (Å²) in [4.78, 5) is 26.1. The van der Waals surface area contributed by atoms with E-state index >= 15 is 0 Å². The predicted octanol–water partition coefficient (Wildman–Crippen LogP) is 1.80. The number of nitrogens with zero attached hydrogens (tertiary/aromatic N) is 1. The lowest BCUT2D eigenvalue weighted by molar-refractivity contribution is -0.128. The third-order valence-electron chi connectivity index (χ3n) is 4.45. The molecule has 0 aliphatic carbocycles. The Morgan fingerprint density at radius 3 is 2.43 bits per heavy atom. The molecular formula is C17H24ClN3O2. The maximum Gasteiger partial charge on any atom is 0.237 e. The van der Waals surface area contributed by atoms with E-state index in [2.05, 4.69) is 15.5 Å². The minimum Gasteiger partial charge on any atom is -0.359 e. The van der Waals surface area contributed by atoms with Gasteiger partial charge in [0.15, 0.2) is 0 Å². The van der Waals surface area contributed by atoms with Crippen LogP contribution in [0.4, 0.5) is 0 Å². The molecule has 0 bridgehead atoms. The zero-order valence-corrected chi connectivity index (χ0v) is 14.4. The Bertz CT molecular complexity index is 539. The maximum absolute atomic E-state index is 12.3. The van der Waals surface area contributed by atoms with Gasteiger partial charge in [0.05, 0.1) is 6.04 Å². The molecule has 5 nitrogen and oxygen atoms in total. The quantitative estimate of drug-likeness (QED) is 0.861. The minimum atomic E-state index is -0.187. The molecule has 0 spiro atoms. The van der Waals surface area contributed by atoms with E-state index in [4.69, 9.17) is 11.6 Å². The summed E-state index contributed by atoms with van der Waals surface area (Å²) in [6, 6.07) is 7.25. The molecular weight excluding hydrogens is 314 g/mol. The van der Waals surface area contributed by atoms with Gasteiger partial charge in [0, 0.05) is 24.5 Å². The fraction of sp³-hybridized carbons (Fsp3) is 0.529. The highest BCUT2D eigenvalue weighted by atomic mass is 35.5. The van der Waals surface area contributed by atoms with Crippen LogP contribution < -0.4 is 10.6 Å². The first-order valence-electron chi connectivity index (χ1n) is 7.99. The summed E-state index contributed by atoms with van der Waals surface area (Å²) in [5, 5.41) is 6.34. The summed E-state index contributed by atoms with van der Waals surface area (Å²) in [7, 11) is 1.67. The Balaban J connectivity index is 1.79. The molecule has 0 unspecified atom stereocenters. The standard InChI is InChI=1S/C17H24ClN3O2/c1-12(21-9-7-14(8-10-21)17(23)19-2)16(22)20-11-13-3-5-15(18)6-4-13/h3-6,12,14H,7-11H2,1-2H3,(H,19,23)(H,20,22)/t12-/m1/s1. The van der Waals surface area contributed by atoms with E-state index in [-0.39, 0.29) is 23.8 Å². The van der Waals surface area contributed by atoms with Gasteiger partial charge in [-0.2, -0.15) is 0 Å². The van der Waals surface area contributed by atoms with E-state index in [1.165, 1.54) is 0 Å². The number of piperidine rings is 1. The fourth-order valence-electron chi connectivity index (χ4n) is 2.86. The van der Waals surface area contributed by atoms with Gasteiger partial charge in [-0.1, -0.05) is 23.7 Å². The van der Waals surface area contributed by atoms with Crippen LogP contribution >= 0.6 is 11.6 Å². The first kappa shape index (κ1) is 17.8. The summed E-state index contributed by atoms with van der Waals surface area (Å²) in [6.07, 6.45) is 1.60. The van der Waals surface area contributed by atoms with Crippen LogP contribution in [-0.2, 0) is 16.1 Å². The molecule has 1 aliphatic rings. The summed E-state index contributed by atoms with van der Waals surface area (Å²) >= 11 is 5.85. The molecule has 2 N–H and O–H groups in total. The van der Waals surface area contributed by atoms with E-state index in [1.807, 2.05) is 31.2 Å². The maximum atomic E-state index is 12.3. The van der Waals surface area contributed by atoms with E-state index < -0.39 is 0 Å². The highest BCUT2D eigenvalue weighted by molar-refractivity contribution is 6.30. The van der Waals surface area contributed by atoms with Crippen molar-refractivity contribution in [1.82, 2.24) is 15.5 Å². The van der Waals surface area contributed by atoms with Crippen LogP contribution in [0.1, 0.15) is 25.3 Å². The number of carbonyl (C=O) groups is 2. The number of hydrogen-bond donors (Lipinski definition) is 2. The average molecular weight is 338 g/mol. The van der Waals surface area contributed by atoms with Crippen molar-refractivity contribution in [3.8, 4) is 0 Å². The van der Waals surface area contributed by atoms with Crippen molar-refractivity contribution in [1.29, 1.82) is 0 Å².